The quantitative estimate of drug-likeness (QED) is 0.520. The van der Waals surface area contributed by atoms with E-state index in [4.69, 9.17) is 20.5 Å². The van der Waals surface area contributed by atoms with Gasteiger partial charge in [-0.15, -0.1) is 12.4 Å². The topological polar surface area (TPSA) is 71.5 Å². The van der Waals surface area contributed by atoms with Crippen molar-refractivity contribution in [1.82, 2.24) is 15.4 Å². The highest BCUT2D eigenvalue weighted by Crippen LogP contribution is 2.28. The number of rotatable bonds is 6. The van der Waals surface area contributed by atoms with E-state index in [0.29, 0.717) is 17.3 Å². The molecule has 1 aliphatic rings. The highest BCUT2D eigenvalue weighted by atomic mass is 35.5. The second kappa shape index (κ2) is 10.4. The van der Waals surface area contributed by atoms with Crippen LogP contribution in [0.4, 0.5) is 0 Å². The molecule has 1 atom stereocenters. The van der Waals surface area contributed by atoms with Crippen molar-refractivity contribution in [2.24, 2.45) is 5.92 Å². The lowest BCUT2D eigenvalue weighted by molar-refractivity contribution is 0.0887. The predicted molar refractivity (Wildman–Crippen MR) is 123 cm³/mol. The minimum Gasteiger partial charge on any atom is -0.465 e. The second-order valence-electron chi connectivity index (χ2n) is 7.98. The summed E-state index contributed by atoms with van der Waals surface area (Å²) in [5.41, 5.74) is 1.07. The van der Waals surface area contributed by atoms with Crippen LogP contribution in [0.5, 0.6) is 0 Å². The summed E-state index contributed by atoms with van der Waals surface area (Å²) in [6.07, 6.45) is 2.30. The zero-order valence-electron chi connectivity index (χ0n) is 17.6. The van der Waals surface area contributed by atoms with Crippen LogP contribution in [-0.2, 0) is 0 Å². The number of likely N-dealkylation sites (tertiary alicyclic amines) is 1. The molecule has 3 aromatic rings. The second-order valence-corrected chi connectivity index (χ2v) is 8.41. The zero-order chi connectivity index (χ0) is 21.1. The van der Waals surface area contributed by atoms with E-state index in [1.165, 1.54) is 0 Å². The number of benzene rings is 1. The Morgan fingerprint density at radius 3 is 2.58 bits per heavy atom. The Hall–Kier alpha value is -2.28. The van der Waals surface area contributed by atoms with E-state index in [9.17, 15) is 4.79 Å². The molecule has 0 aliphatic carbocycles. The average Bonchev–Trinajstić information content (AvgIpc) is 3.39. The van der Waals surface area contributed by atoms with Crippen LogP contribution in [0.25, 0.3) is 11.3 Å². The molecule has 0 bridgehead atoms. The van der Waals surface area contributed by atoms with Crippen molar-refractivity contribution in [2.45, 2.75) is 32.7 Å². The van der Waals surface area contributed by atoms with Gasteiger partial charge in [0.15, 0.2) is 11.5 Å². The molecule has 31 heavy (non-hydrogen) atoms. The molecule has 1 aliphatic heterocycles. The number of hydrogen-bond acceptors (Lipinski definition) is 5. The first-order valence-electron chi connectivity index (χ1n) is 10.3. The van der Waals surface area contributed by atoms with E-state index in [1.807, 2.05) is 31.2 Å². The van der Waals surface area contributed by atoms with Crippen LogP contribution >= 0.6 is 24.0 Å². The lowest BCUT2D eigenvalue weighted by Gasteiger charge is -2.35. The molecule has 4 rings (SSSR count). The molecule has 1 aromatic carbocycles. The SMILES string of the molecule is Cc1ccc(C(CNC(=O)c2cc(-c3ccc(Cl)cc3)on2)N2CCC(C)CC2)o1.Cl. The number of carbonyl (C=O) groups is 1. The van der Waals surface area contributed by atoms with Crippen molar-refractivity contribution < 1.29 is 13.7 Å². The molecular weight excluding hydrogens is 437 g/mol. The van der Waals surface area contributed by atoms with Gasteiger partial charge in [-0.25, -0.2) is 0 Å². The van der Waals surface area contributed by atoms with Gasteiger partial charge in [0.1, 0.15) is 11.5 Å². The predicted octanol–water partition coefficient (Wildman–Crippen LogP) is 5.52. The van der Waals surface area contributed by atoms with Gasteiger partial charge in [0.25, 0.3) is 5.91 Å². The van der Waals surface area contributed by atoms with Crippen molar-refractivity contribution >= 4 is 29.9 Å². The molecule has 166 valence electrons. The molecule has 1 N–H and O–H groups in total. The minimum absolute atomic E-state index is 0. The van der Waals surface area contributed by atoms with E-state index in [2.05, 4.69) is 22.3 Å². The highest BCUT2D eigenvalue weighted by molar-refractivity contribution is 6.30. The number of aromatic nitrogens is 1. The molecule has 0 radical (unpaired) electrons. The molecule has 0 saturated carbocycles. The van der Waals surface area contributed by atoms with E-state index in [1.54, 1.807) is 18.2 Å². The molecule has 8 heteroatoms. The Bertz CT molecular complexity index is 992. The Balaban J connectivity index is 0.00000272. The molecule has 2 aromatic heterocycles. The fourth-order valence-electron chi connectivity index (χ4n) is 3.79. The Kier molecular flexibility index (Phi) is 7.81. The summed E-state index contributed by atoms with van der Waals surface area (Å²) in [6, 6.07) is 12.8. The van der Waals surface area contributed by atoms with Crippen LogP contribution in [0.3, 0.4) is 0 Å². The summed E-state index contributed by atoms with van der Waals surface area (Å²) >= 11 is 5.93. The van der Waals surface area contributed by atoms with Gasteiger partial charge in [0.2, 0.25) is 0 Å². The number of hydrogen-bond donors (Lipinski definition) is 1. The first kappa shape index (κ1) is 23.4. The Morgan fingerprint density at radius 1 is 1.23 bits per heavy atom. The van der Waals surface area contributed by atoms with Crippen molar-refractivity contribution in [3.8, 4) is 11.3 Å². The Labute approximate surface area is 193 Å². The summed E-state index contributed by atoms with van der Waals surface area (Å²) in [6.45, 7) is 6.65. The molecular formula is C23H27Cl2N3O3. The number of nitrogens with one attached hydrogen (secondary N) is 1. The van der Waals surface area contributed by atoms with Crippen molar-refractivity contribution in [3.63, 3.8) is 0 Å². The van der Waals surface area contributed by atoms with Gasteiger partial charge in [-0.2, -0.15) is 0 Å². The third-order valence-corrected chi connectivity index (χ3v) is 5.93. The minimum atomic E-state index is -0.266. The van der Waals surface area contributed by atoms with E-state index >= 15 is 0 Å². The zero-order valence-corrected chi connectivity index (χ0v) is 19.2. The van der Waals surface area contributed by atoms with Crippen LogP contribution in [0.1, 0.15) is 47.8 Å². The van der Waals surface area contributed by atoms with Gasteiger partial charge in [-0.1, -0.05) is 23.7 Å². The fourth-order valence-corrected chi connectivity index (χ4v) is 3.92. The van der Waals surface area contributed by atoms with Crippen LogP contribution < -0.4 is 5.32 Å². The monoisotopic (exact) mass is 463 g/mol. The summed E-state index contributed by atoms with van der Waals surface area (Å²) in [7, 11) is 0. The number of amides is 1. The lowest BCUT2D eigenvalue weighted by Crippen LogP contribution is -2.41. The van der Waals surface area contributed by atoms with Gasteiger partial charge in [-0.05, 0) is 75.2 Å². The first-order valence-corrected chi connectivity index (χ1v) is 10.7. The van der Waals surface area contributed by atoms with E-state index in [-0.39, 0.29) is 30.0 Å². The number of nitrogens with zero attached hydrogens (tertiary/aromatic N) is 2. The first-order chi connectivity index (χ1) is 14.5. The number of halogens is 2. The number of piperidine rings is 1. The molecule has 0 spiro atoms. The van der Waals surface area contributed by atoms with Gasteiger partial charge < -0.3 is 14.3 Å². The smallest absolute Gasteiger partial charge is 0.273 e. The average molecular weight is 464 g/mol. The third kappa shape index (κ3) is 5.70. The van der Waals surface area contributed by atoms with E-state index < -0.39 is 0 Å². The standard InChI is InChI=1S/C23H26ClN3O3.ClH/c1-15-9-11-27(12-10-15)20(21-8-3-16(2)29-21)14-25-23(28)19-13-22(30-26-19)17-4-6-18(24)7-5-17;/h3-8,13,15,20H,9-12,14H2,1-2H3,(H,25,28);1H. The molecule has 1 fully saturated rings. The van der Waals surface area contributed by atoms with Crippen LogP contribution in [0.2, 0.25) is 5.02 Å². The maximum atomic E-state index is 12.7. The highest BCUT2D eigenvalue weighted by Gasteiger charge is 2.27. The van der Waals surface area contributed by atoms with E-state index in [0.717, 1.165) is 48.9 Å². The number of furan rings is 1. The van der Waals surface area contributed by atoms with Crippen LogP contribution in [0, 0.1) is 12.8 Å². The summed E-state index contributed by atoms with van der Waals surface area (Å²) in [4.78, 5) is 15.1. The lowest BCUT2D eigenvalue weighted by atomic mass is 9.97. The number of carbonyl (C=O) groups excluding carboxylic acids is 1. The Morgan fingerprint density at radius 2 is 1.94 bits per heavy atom. The van der Waals surface area contributed by atoms with Gasteiger partial charge >= 0.3 is 0 Å². The normalized spacial score (nSPS) is 16.0. The largest absolute Gasteiger partial charge is 0.465 e. The van der Waals surface area contributed by atoms with Gasteiger partial charge in [0.05, 0.1) is 6.04 Å². The molecule has 6 nitrogen and oxygen atoms in total. The number of aryl methyl sites for hydroxylation is 1. The molecule has 1 unspecified atom stereocenters. The third-order valence-electron chi connectivity index (χ3n) is 5.68. The van der Waals surface area contributed by atoms with Crippen LogP contribution in [0.15, 0.2) is 51.4 Å². The van der Waals surface area contributed by atoms with Crippen molar-refractivity contribution in [1.29, 1.82) is 0 Å². The van der Waals surface area contributed by atoms with Crippen molar-refractivity contribution in [2.75, 3.05) is 19.6 Å². The molecule has 1 saturated heterocycles. The van der Waals surface area contributed by atoms with Crippen molar-refractivity contribution in [3.05, 3.63) is 64.7 Å². The summed E-state index contributed by atoms with van der Waals surface area (Å²) in [5.74, 6) is 2.74. The fraction of sp³-hybridized carbons (Fsp3) is 0.391. The maximum Gasteiger partial charge on any atom is 0.273 e. The maximum absolute atomic E-state index is 12.7. The van der Waals surface area contributed by atoms with Gasteiger partial charge in [0, 0.05) is 23.2 Å². The summed E-state index contributed by atoms with van der Waals surface area (Å²) < 4.78 is 11.2. The van der Waals surface area contributed by atoms with Crippen LogP contribution in [-0.4, -0.2) is 35.6 Å². The summed E-state index contributed by atoms with van der Waals surface area (Å²) in [5, 5.41) is 7.58. The molecule has 3 heterocycles. The van der Waals surface area contributed by atoms with Gasteiger partial charge in [-0.3, -0.25) is 9.69 Å². The molecule has 1 amide bonds.